The largest absolute Gasteiger partial charge is 0.384 e. The maximum Gasteiger partial charge on any atom is 0.106 e. The molecule has 0 bridgehead atoms. The maximum atomic E-state index is 10.3. The van der Waals surface area contributed by atoms with Crippen LogP contribution >= 0.6 is 0 Å². The molecule has 0 radical (unpaired) electrons. The third kappa shape index (κ3) is 1.15. The van der Waals surface area contributed by atoms with Gasteiger partial charge in [-0.25, -0.2) is 0 Å². The molecule has 16 heavy (non-hydrogen) atoms. The number of fused-ring (bicyclic) bond motifs is 3. The molecule has 1 nitrogen and oxygen atoms in total. The van der Waals surface area contributed by atoms with Gasteiger partial charge in [0.25, 0.3) is 0 Å². The van der Waals surface area contributed by atoms with E-state index in [2.05, 4.69) is 31.2 Å². The molecule has 0 aliphatic heterocycles. The quantitative estimate of drug-likeness (QED) is 0.765. The minimum Gasteiger partial charge on any atom is -0.384 e. The standard InChI is InChI=1S/C15H14O/c1-2-10-6-5-9-12-11-7-3-4-8-13(11)15(16)14(10)12/h3-9,15-16H,2H2,1H3. The normalized spacial score (nSPS) is 17.0. The highest BCUT2D eigenvalue weighted by atomic mass is 16.3. The summed E-state index contributed by atoms with van der Waals surface area (Å²) in [5.74, 6) is 0. The third-order valence-electron chi connectivity index (χ3n) is 3.40. The number of aliphatic hydroxyl groups is 1. The van der Waals surface area contributed by atoms with Gasteiger partial charge in [-0.1, -0.05) is 49.4 Å². The van der Waals surface area contributed by atoms with E-state index in [0.29, 0.717) is 0 Å². The molecule has 1 aliphatic rings. The van der Waals surface area contributed by atoms with Crippen molar-refractivity contribution in [2.24, 2.45) is 0 Å². The van der Waals surface area contributed by atoms with Gasteiger partial charge in [0.05, 0.1) is 0 Å². The number of rotatable bonds is 1. The number of aryl methyl sites for hydroxylation is 1. The minimum atomic E-state index is -0.442. The molecular weight excluding hydrogens is 196 g/mol. The van der Waals surface area contributed by atoms with Crippen LogP contribution in [0.25, 0.3) is 11.1 Å². The zero-order valence-electron chi connectivity index (χ0n) is 9.27. The predicted octanol–water partition coefficient (Wildman–Crippen LogP) is 3.31. The van der Waals surface area contributed by atoms with Crippen molar-refractivity contribution in [3.8, 4) is 11.1 Å². The van der Waals surface area contributed by atoms with E-state index in [-0.39, 0.29) is 0 Å². The minimum absolute atomic E-state index is 0.442. The van der Waals surface area contributed by atoms with Crippen LogP contribution in [0.4, 0.5) is 0 Å². The average molecular weight is 210 g/mol. The van der Waals surface area contributed by atoms with Crippen molar-refractivity contribution in [2.45, 2.75) is 19.4 Å². The van der Waals surface area contributed by atoms with E-state index in [9.17, 15) is 5.11 Å². The summed E-state index contributed by atoms with van der Waals surface area (Å²) in [7, 11) is 0. The van der Waals surface area contributed by atoms with E-state index < -0.39 is 6.10 Å². The van der Waals surface area contributed by atoms with Gasteiger partial charge in [-0.3, -0.25) is 0 Å². The molecule has 0 saturated heterocycles. The second-order valence-corrected chi connectivity index (χ2v) is 4.22. The molecule has 0 spiro atoms. The first-order chi connectivity index (χ1) is 7.83. The fraction of sp³-hybridized carbons (Fsp3) is 0.200. The zero-order valence-corrected chi connectivity index (χ0v) is 9.27. The van der Waals surface area contributed by atoms with Crippen LogP contribution in [0.2, 0.25) is 0 Å². The van der Waals surface area contributed by atoms with E-state index in [4.69, 9.17) is 0 Å². The molecule has 3 rings (SSSR count). The highest BCUT2D eigenvalue weighted by Gasteiger charge is 2.27. The van der Waals surface area contributed by atoms with E-state index in [1.807, 2.05) is 18.2 Å². The van der Waals surface area contributed by atoms with Crippen LogP contribution in [0.5, 0.6) is 0 Å². The molecule has 0 aromatic heterocycles. The molecule has 1 unspecified atom stereocenters. The topological polar surface area (TPSA) is 20.2 Å². The number of benzene rings is 2. The fourth-order valence-electron chi connectivity index (χ4n) is 2.62. The Morgan fingerprint density at radius 2 is 1.75 bits per heavy atom. The van der Waals surface area contributed by atoms with Crippen molar-refractivity contribution in [2.75, 3.05) is 0 Å². The van der Waals surface area contributed by atoms with Crippen LogP contribution in [0.15, 0.2) is 42.5 Å². The Kier molecular flexibility index (Phi) is 2.08. The Labute approximate surface area is 95.4 Å². The molecule has 0 amide bonds. The Morgan fingerprint density at radius 3 is 2.56 bits per heavy atom. The van der Waals surface area contributed by atoms with Gasteiger partial charge < -0.3 is 5.11 Å². The Hall–Kier alpha value is -1.60. The molecule has 0 fully saturated rings. The van der Waals surface area contributed by atoms with Gasteiger partial charge >= 0.3 is 0 Å². The lowest BCUT2D eigenvalue weighted by atomic mass is 9.99. The van der Waals surface area contributed by atoms with Crippen LogP contribution in [-0.2, 0) is 6.42 Å². The van der Waals surface area contributed by atoms with Crippen molar-refractivity contribution in [1.82, 2.24) is 0 Å². The smallest absolute Gasteiger partial charge is 0.106 e. The zero-order chi connectivity index (χ0) is 11.1. The number of hydrogen-bond donors (Lipinski definition) is 1. The van der Waals surface area contributed by atoms with E-state index in [1.54, 1.807) is 0 Å². The van der Waals surface area contributed by atoms with Crippen LogP contribution in [0, 0.1) is 0 Å². The van der Waals surface area contributed by atoms with E-state index >= 15 is 0 Å². The average Bonchev–Trinajstić information content (AvgIpc) is 2.64. The van der Waals surface area contributed by atoms with Gasteiger partial charge in [0.1, 0.15) is 6.10 Å². The molecule has 1 aliphatic carbocycles. The summed E-state index contributed by atoms with van der Waals surface area (Å²) < 4.78 is 0. The highest BCUT2D eigenvalue weighted by Crippen LogP contribution is 2.44. The van der Waals surface area contributed by atoms with Gasteiger partial charge in [-0.05, 0) is 34.2 Å². The fourth-order valence-corrected chi connectivity index (χ4v) is 2.62. The molecular formula is C15H14O. The van der Waals surface area contributed by atoms with Crippen LogP contribution in [0.3, 0.4) is 0 Å². The SMILES string of the molecule is CCc1cccc2c1C(O)c1ccccc1-2. The Bertz CT molecular complexity index is 543. The summed E-state index contributed by atoms with van der Waals surface area (Å²) in [5, 5.41) is 10.3. The number of aliphatic hydroxyl groups excluding tert-OH is 1. The van der Waals surface area contributed by atoms with Crippen molar-refractivity contribution in [1.29, 1.82) is 0 Å². The Balaban J connectivity index is 2.32. The highest BCUT2D eigenvalue weighted by molar-refractivity contribution is 5.79. The molecule has 80 valence electrons. The lowest BCUT2D eigenvalue weighted by molar-refractivity contribution is 0.224. The molecule has 2 aromatic rings. The van der Waals surface area contributed by atoms with Gasteiger partial charge in [-0.2, -0.15) is 0 Å². The van der Waals surface area contributed by atoms with Crippen molar-refractivity contribution in [3.63, 3.8) is 0 Å². The Morgan fingerprint density at radius 1 is 1.00 bits per heavy atom. The van der Waals surface area contributed by atoms with E-state index in [1.165, 1.54) is 16.7 Å². The van der Waals surface area contributed by atoms with Gasteiger partial charge in [0.2, 0.25) is 0 Å². The second kappa shape index (κ2) is 3.46. The summed E-state index contributed by atoms with van der Waals surface area (Å²) in [6, 6.07) is 14.4. The third-order valence-corrected chi connectivity index (χ3v) is 3.40. The second-order valence-electron chi connectivity index (χ2n) is 4.22. The van der Waals surface area contributed by atoms with Crippen LogP contribution in [0.1, 0.15) is 29.7 Å². The monoisotopic (exact) mass is 210 g/mol. The first kappa shape index (κ1) is 9.61. The van der Waals surface area contributed by atoms with Crippen LogP contribution < -0.4 is 0 Å². The van der Waals surface area contributed by atoms with Gasteiger partial charge in [-0.15, -0.1) is 0 Å². The summed E-state index contributed by atoms with van der Waals surface area (Å²) >= 11 is 0. The summed E-state index contributed by atoms with van der Waals surface area (Å²) in [4.78, 5) is 0. The first-order valence-electron chi connectivity index (χ1n) is 5.72. The molecule has 0 heterocycles. The lowest BCUT2D eigenvalue weighted by Gasteiger charge is -2.10. The predicted molar refractivity (Wildman–Crippen MR) is 65.3 cm³/mol. The maximum absolute atomic E-state index is 10.3. The van der Waals surface area contributed by atoms with Crippen molar-refractivity contribution < 1.29 is 5.11 Å². The van der Waals surface area contributed by atoms with Crippen molar-refractivity contribution >= 4 is 0 Å². The number of hydrogen-bond acceptors (Lipinski definition) is 1. The van der Waals surface area contributed by atoms with Gasteiger partial charge in [0, 0.05) is 0 Å². The molecule has 1 heteroatoms. The molecule has 2 aromatic carbocycles. The summed E-state index contributed by atoms with van der Waals surface area (Å²) in [5.41, 5.74) is 5.77. The van der Waals surface area contributed by atoms with Gasteiger partial charge in [0.15, 0.2) is 0 Å². The summed E-state index contributed by atoms with van der Waals surface area (Å²) in [6.45, 7) is 2.13. The lowest BCUT2D eigenvalue weighted by Crippen LogP contribution is -1.98. The molecule has 1 N–H and O–H groups in total. The van der Waals surface area contributed by atoms with Crippen LogP contribution in [-0.4, -0.2) is 5.11 Å². The first-order valence-corrected chi connectivity index (χ1v) is 5.72. The van der Waals surface area contributed by atoms with Crippen molar-refractivity contribution in [3.05, 3.63) is 59.2 Å². The summed E-state index contributed by atoms with van der Waals surface area (Å²) in [6.07, 6.45) is 0.524. The molecule has 1 atom stereocenters. The van der Waals surface area contributed by atoms with E-state index in [0.717, 1.165) is 17.5 Å². The molecule has 0 saturated carbocycles.